The first-order valence-electron chi connectivity index (χ1n) is 7.64. The Morgan fingerprint density at radius 3 is 2.50 bits per heavy atom. The lowest BCUT2D eigenvalue weighted by Crippen LogP contribution is -2.30. The van der Waals surface area contributed by atoms with Gasteiger partial charge in [0.05, 0.1) is 12.7 Å². The average molecular weight is 327 g/mol. The van der Waals surface area contributed by atoms with Gasteiger partial charge in [0.25, 0.3) is 5.91 Å². The molecule has 1 atom stereocenters. The maximum atomic E-state index is 12.3. The number of nitrogens with one attached hydrogen (secondary N) is 1. The Kier molecular flexibility index (Phi) is 5.58. The number of amides is 1. The second kappa shape index (κ2) is 7.64. The van der Waals surface area contributed by atoms with E-state index in [2.05, 4.69) is 10.1 Å². The Morgan fingerprint density at radius 1 is 1.08 bits per heavy atom. The average Bonchev–Trinajstić information content (AvgIpc) is 2.56. The Bertz CT molecular complexity index is 755. The Morgan fingerprint density at radius 2 is 1.83 bits per heavy atom. The molecule has 0 saturated heterocycles. The lowest BCUT2D eigenvalue weighted by Gasteiger charge is -2.16. The number of anilines is 1. The van der Waals surface area contributed by atoms with Crippen LogP contribution in [0.25, 0.3) is 0 Å². The zero-order chi connectivity index (χ0) is 17.7. The van der Waals surface area contributed by atoms with Gasteiger partial charge in [0, 0.05) is 5.69 Å². The molecule has 0 radical (unpaired) electrons. The molecular weight excluding hydrogens is 306 g/mol. The van der Waals surface area contributed by atoms with Crippen molar-refractivity contribution >= 4 is 17.6 Å². The van der Waals surface area contributed by atoms with Gasteiger partial charge in [0.2, 0.25) is 0 Å². The number of ether oxygens (including phenoxy) is 2. The molecule has 2 aromatic rings. The van der Waals surface area contributed by atoms with Crippen LogP contribution in [0, 0.1) is 13.8 Å². The van der Waals surface area contributed by atoms with Crippen LogP contribution in [0.2, 0.25) is 0 Å². The van der Waals surface area contributed by atoms with Crippen LogP contribution in [0.15, 0.2) is 42.5 Å². The molecule has 0 saturated carbocycles. The van der Waals surface area contributed by atoms with E-state index < -0.39 is 12.1 Å². The molecule has 1 amide bonds. The number of aryl methyl sites for hydroxylation is 2. The van der Waals surface area contributed by atoms with E-state index in [0.29, 0.717) is 17.0 Å². The molecule has 2 rings (SSSR count). The topological polar surface area (TPSA) is 64.6 Å². The fourth-order valence-electron chi connectivity index (χ4n) is 2.26. The first-order chi connectivity index (χ1) is 11.4. The normalized spacial score (nSPS) is 11.5. The van der Waals surface area contributed by atoms with Crippen LogP contribution in [-0.4, -0.2) is 25.1 Å². The highest BCUT2D eigenvalue weighted by molar-refractivity contribution is 5.96. The predicted octanol–water partition coefficient (Wildman–Crippen LogP) is 3.50. The van der Waals surface area contributed by atoms with Crippen LogP contribution in [0.3, 0.4) is 0 Å². The van der Waals surface area contributed by atoms with Crippen LogP contribution < -0.4 is 10.1 Å². The highest BCUT2D eigenvalue weighted by atomic mass is 16.5. The van der Waals surface area contributed by atoms with Gasteiger partial charge < -0.3 is 14.8 Å². The van der Waals surface area contributed by atoms with Crippen molar-refractivity contribution in [2.45, 2.75) is 26.9 Å². The van der Waals surface area contributed by atoms with Gasteiger partial charge in [-0.15, -0.1) is 0 Å². The Balaban J connectivity index is 2.05. The van der Waals surface area contributed by atoms with E-state index in [4.69, 9.17) is 4.74 Å². The minimum absolute atomic E-state index is 0.294. The van der Waals surface area contributed by atoms with Crippen LogP contribution >= 0.6 is 0 Å². The molecule has 0 bridgehead atoms. The summed E-state index contributed by atoms with van der Waals surface area (Å²) >= 11 is 0. The molecule has 0 aliphatic heterocycles. The van der Waals surface area contributed by atoms with Crippen LogP contribution in [0.1, 0.15) is 28.4 Å². The van der Waals surface area contributed by atoms with E-state index in [1.807, 2.05) is 32.0 Å². The maximum Gasteiger partial charge on any atom is 0.337 e. The Labute approximate surface area is 141 Å². The van der Waals surface area contributed by atoms with E-state index in [1.54, 1.807) is 31.2 Å². The van der Waals surface area contributed by atoms with Gasteiger partial charge in [-0.05, 0) is 50.6 Å². The SMILES string of the molecule is COC(=O)c1cccc(NC(=O)C(C)Oc2ccc(C)cc2C)c1. The first-order valence-corrected chi connectivity index (χ1v) is 7.64. The van der Waals surface area contributed by atoms with Crippen molar-refractivity contribution in [1.29, 1.82) is 0 Å². The zero-order valence-corrected chi connectivity index (χ0v) is 14.3. The van der Waals surface area contributed by atoms with Crippen molar-refractivity contribution in [3.8, 4) is 5.75 Å². The molecule has 5 heteroatoms. The highest BCUT2D eigenvalue weighted by Crippen LogP contribution is 2.20. The Hall–Kier alpha value is -2.82. The van der Waals surface area contributed by atoms with E-state index in [1.165, 1.54) is 7.11 Å². The minimum Gasteiger partial charge on any atom is -0.481 e. The van der Waals surface area contributed by atoms with Crippen molar-refractivity contribution in [1.82, 2.24) is 0 Å². The molecule has 1 unspecified atom stereocenters. The van der Waals surface area contributed by atoms with Crippen LogP contribution in [0.5, 0.6) is 5.75 Å². The molecule has 0 aliphatic rings. The molecule has 0 heterocycles. The van der Waals surface area contributed by atoms with Crippen molar-refractivity contribution in [3.63, 3.8) is 0 Å². The van der Waals surface area contributed by atoms with E-state index in [0.717, 1.165) is 11.1 Å². The van der Waals surface area contributed by atoms with Crippen molar-refractivity contribution in [3.05, 3.63) is 59.2 Å². The summed E-state index contributed by atoms with van der Waals surface area (Å²) in [7, 11) is 1.31. The molecule has 2 aromatic carbocycles. The fraction of sp³-hybridized carbons (Fsp3) is 0.263. The molecule has 0 aliphatic carbocycles. The van der Waals surface area contributed by atoms with Gasteiger partial charge in [0.1, 0.15) is 5.75 Å². The number of rotatable bonds is 5. The summed E-state index contributed by atoms with van der Waals surface area (Å²) in [6.45, 7) is 5.62. The summed E-state index contributed by atoms with van der Waals surface area (Å²) in [5.41, 5.74) is 3.00. The second-order valence-corrected chi connectivity index (χ2v) is 5.59. The summed E-state index contributed by atoms with van der Waals surface area (Å²) < 4.78 is 10.4. The molecule has 0 spiro atoms. The minimum atomic E-state index is -0.673. The fourth-order valence-corrected chi connectivity index (χ4v) is 2.26. The number of hydrogen-bond donors (Lipinski definition) is 1. The molecule has 1 N–H and O–H groups in total. The predicted molar refractivity (Wildman–Crippen MR) is 92.4 cm³/mol. The molecule has 5 nitrogen and oxygen atoms in total. The summed E-state index contributed by atoms with van der Waals surface area (Å²) in [6, 6.07) is 12.4. The van der Waals surface area contributed by atoms with Gasteiger partial charge in [0.15, 0.2) is 6.10 Å². The number of benzene rings is 2. The largest absolute Gasteiger partial charge is 0.481 e. The first kappa shape index (κ1) is 17.5. The third-order valence-corrected chi connectivity index (χ3v) is 3.55. The van der Waals surface area contributed by atoms with E-state index in [-0.39, 0.29) is 5.91 Å². The number of carbonyl (C=O) groups excluding carboxylic acids is 2. The van der Waals surface area contributed by atoms with Crippen molar-refractivity contribution in [2.24, 2.45) is 0 Å². The van der Waals surface area contributed by atoms with E-state index >= 15 is 0 Å². The summed E-state index contributed by atoms with van der Waals surface area (Å²) in [4.78, 5) is 23.8. The van der Waals surface area contributed by atoms with Gasteiger partial charge in [-0.2, -0.15) is 0 Å². The molecule has 0 aromatic heterocycles. The molecule has 126 valence electrons. The van der Waals surface area contributed by atoms with Crippen molar-refractivity contribution in [2.75, 3.05) is 12.4 Å². The van der Waals surface area contributed by atoms with Gasteiger partial charge >= 0.3 is 5.97 Å². The van der Waals surface area contributed by atoms with Crippen LogP contribution in [0.4, 0.5) is 5.69 Å². The quantitative estimate of drug-likeness (QED) is 0.854. The van der Waals surface area contributed by atoms with E-state index in [9.17, 15) is 9.59 Å². The van der Waals surface area contributed by atoms with Gasteiger partial charge in [-0.3, -0.25) is 4.79 Å². The third kappa shape index (κ3) is 4.35. The van der Waals surface area contributed by atoms with Crippen LogP contribution in [-0.2, 0) is 9.53 Å². The lowest BCUT2D eigenvalue weighted by molar-refractivity contribution is -0.122. The summed E-state index contributed by atoms with van der Waals surface area (Å²) in [6.07, 6.45) is -0.673. The standard InChI is InChI=1S/C19H21NO4/c1-12-8-9-17(13(2)10-12)24-14(3)18(21)20-16-7-5-6-15(11-16)19(22)23-4/h5-11,14H,1-4H3,(H,20,21). The summed E-state index contributed by atoms with van der Waals surface area (Å²) in [5.74, 6) is -0.0748. The summed E-state index contributed by atoms with van der Waals surface area (Å²) in [5, 5.41) is 2.74. The number of methoxy groups -OCH3 is 1. The van der Waals surface area contributed by atoms with Gasteiger partial charge in [-0.25, -0.2) is 4.79 Å². The maximum absolute atomic E-state index is 12.3. The number of hydrogen-bond acceptors (Lipinski definition) is 4. The number of esters is 1. The third-order valence-electron chi connectivity index (χ3n) is 3.55. The lowest BCUT2D eigenvalue weighted by atomic mass is 10.1. The van der Waals surface area contributed by atoms with Gasteiger partial charge in [-0.1, -0.05) is 23.8 Å². The molecular formula is C19H21NO4. The number of carbonyl (C=O) groups is 2. The molecule has 0 fully saturated rings. The van der Waals surface area contributed by atoms with Crippen molar-refractivity contribution < 1.29 is 19.1 Å². The zero-order valence-electron chi connectivity index (χ0n) is 14.3. The second-order valence-electron chi connectivity index (χ2n) is 5.59. The smallest absolute Gasteiger partial charge is 0.337 e. The molecule has 24 heavy (non-hydrogen) atoms. The monoisotopic (exact) mass is 327 g/mol. The highest BCUT2D eigenvalue weighted by Gasteiger charge is 2.16.